The molecule has 0 aliphatic rings. The Labute approximate surface area is 138 Å². The Balaban J connectivity index is -0.0000000727. The molecule has 130 valence electrons. The molecule has 1 rings (SSSR count). The van der Waals surface area contributed by atoms with Gasteiger partial charge in [0.15, 0.2) is 0 Å². The zero-order valence-corrected chi connectivity index (χ0v) is 18.1. The van der Waals surface area contributed by atoms with Gasteiger partial charge < -0.3 is 0 Å². The molecule has 0 aliphatic carbocycles. The zero-order valence-electron chi connectivity index (χ0n) is 18.1. The molecule has 0 aromatic heterocycles. The third-order valence-electron chi connectivity index (χ3n) is 2.74. The lowest BCUT2D eigenvalue weighted by molar-refractivity contribution is 1.18. The number of benzene rings is 1. The summed E-state index contributed by atoms with van der Waals surface area (Å²) in [7, 11) is 0. The van der Waals surface area contributed by atoms with E-state index in [0.717, 1.165) is 0 Å². The lowest BCUT2D eigenvalue weighted by atomic mass is 9.96. The van der Waals surface area contributed by atoms with Crippen LogP contribution in [-0.2, 0) is 0 Å². The predicted molar refractivity (Wildman–Crippen MR) is 107 cm³/mol. The van der Waals surface area contributed by atoms with Gasteiger partial charge in [-0.1, -0.05) is 75.3 Å². The van der Waals surface area contributed by atoms with Crippen LogP contribution >= 0.6 is 0 Å². The van der Waals surface area contributed by atoms with Crippen molar-refractivity contribution in [3.8, 4) is 0 Å². The van der Waals surface area contributed by atoms with Gasteiger partial charge in [-0.3, -0.25) is 0 Å². The summed E-state index contributed by atoms with van der Waals surface area (Å²) in [6.07, 6.45) is 0. The van der Waals surface area contributed by atoms with Gasteiger partial charge in [0.25, 0.3) is 0 Å². The Morgan fingerprint density at radius 1 is 0.381 bits per heavy atom. The van der Waals surface area contributed by atoms with Crippen LogP contribution < -0.4 is 0 Å². The summed E-state index contributed by atoms with van der Waals surface area (Å²) >= 11 is 0. The van der Waals surface area contributed by atoms with E-state index in [1.807, 2.05) is 69.2 Å². The van der Waals surface area contributed by atoms with Gasteiger partial charge in [0.2, 0.25) is 0 Å². The Bertz CT molecular complexity index is 256. The summed E-state index contributed by atoms with van der Waals surface area (Å²) in [6, 6.07) is 2.26. The van der Waals surface area contributed by atoms with Crippen molar-refractivity contribution in [2.75, 3.05) is 0 Å². The van der Waals surface area contributed by atoms with Gasteiger partial charge in [0, 0.05) is 0 Å². The lowest BCUT2D eigenvalue weighted by Gasteiger charge is -2.10. The smallest absolute Gasteiger partial charge is 0.0392 e. The standard InChI is InChI=1S/C11H16.5C2H6/c1-7-6-8(2)10(4)11(5)9(7)3;5*1-2/h6H,1-5H3;5*1-2H3. The number of hydrogen-bond donors (Lipinski definition) is 0. The van der Waals surface area contributed by atoms with Crippen molar-refractivity contribution in [3.63, 3.8) is 0 Å². The summed E-state index contributed by atoms with van der Waals surface area (Å²) in [6.45, 7) is 30.9. The molecule has 0 bridgehead atoms. The summed E-state index contributed by atoms with van der Waals surface area (Å²) in [5.41, 5.74) is 7.14. The highest BCUT2D eigenvalue weighted by Gasteiger charge is 2.02. The van der Waals surface area contributed by atoms with E-state index in [2.05, 4.69) is 40.7 Å². The maximum Gasteiger partial charge on any atom is -0.0392 e. The molecule has 0 atom stereocenters. The van der Waals surface area contributed by atoms with E-state index in [4.69, 9.17) is 0 Å². The van der Waals surface area contributed by atoms with E-state index in [1.165, 1.54) is 27.8 Å². The fourth-order valence-electron chi connectivity index (χ4n) is 1.41. The van der Waals surface area contributed by atoms with E-state index in [0.29, 0.717) is 0 Å². The van der Waals surface area contributed by atoms with Crippen LogP contribution in [0, 0.1) is 34.6 Å². The van der Waals surface area contributed by atoms with Crippen LogP contribution in [0.25, 0.3) is 0 Å². The van der Waals surface area contributed by atoms with E-state index in [1.54, 1.807) is 0 Å². The molecule has 0 unspecified atom stereocenters. The second kappa shape index (κ2) is 27.5. The lowest BCUT2D eigenvalue weighted by Crippen LogP contribution is -1.93. The van der Waals surface area contributed by atoms with Gasteiger partial charge in [-0.2, -0.15) is 0 Å². The topological polar surface area (TPSA) is 0 Å². The largest absolute Gasteiger partial charge is 0.0683 e. The fourth-order valence-corrected chi connectivity index (χ4v) is 1.41. The maximum atomic E-state index is 2.26. The molecule has 0 fully saturated rings. The first-order chi connectivity index (χ1) is 10.0. The third kappa shape index (κ3) is 15.4. The minimum atomic E-state index is 1.41. The Kier molecular flexibility index (Phi) is 42.3. The molecule has 1 aromatic rings. The van der Waals surface area contributed by atoms with Gasteiger partial charge in [0.05, 0.1) is 0 Å². The zero-order chi connectivity index (χ0) is 18.6. The molecule has 0 nitrogen and oxygen atoms in total. The van der Waals surface area contributed by atoms with Crippen LogP contribution in [0.1, 0.15) is 97.1 Å². The highest BCUT2D eigenvalue weighted by Crippen LogP contribution is 2.19. The van der Waals surface area contributed by atoms with Gasteiger partial charge in [-0.25, -0.2) is 0 Å². The van der Waals surface area contributed by atoms with Gasteiger partial charge in [-0.15, -0.1) is 0 Å². The molecule has 0 saturated heterocycles. The molecule has 0 amide bonds. The van der Waals surface area contributed by atoms with E-state index in [-0.39, 0.29) is 0 Å². The second-order valence-corrected chi connectivity index (χ2v) is 3.39. The molecule has 0 spiro atoms. The van der Waals surface area contributed by atoms with Crippen LogP contribution in [-0.4, -0.2) is 0 Å². The average molecular weight is 299 g/mol. The first-order valence-corrected chi connectivity index (χ1v) is 9.08. The highest BCUT2D eigenvalue weighted by atomic mass is 14.1. The van der Waals surface area contributed by atoms with Crippen LogP contribution in [0.3, 0.4) is 0 Å². The van der Waals surface area contributed by atoms with Crippen molar-refractivity contribution in [3.05, 3.63) is 33.9 Å². The molecule has 0 radical (unpaired) electrons. The van der Waals surface area contributed by atoms with Gasteiger partial charge in [0.1, 0.15) is 0 Å². The molecule has 1 aromatic carbocycles. The second-order valence-electron chi connectivity index (χ2n) is 3.39. The van der Waals surface area contributed by atoms with Crippen LogP contribution in [0.2, 0.25) is 0 Å². The van der Waals surface area contributed by atoms with Crippen LogP contribution in [0.5, 0.6) is 0 Å². The fraction of sp³-hybridized carbons (Fsp3) is 0.714. The first-order valence-electron chi connectivity index (χ1n) is 9.08. The maximum absolute atomic E-state index is 2.26. The number of aryl methyl sites for hydroxylation is 2. The van der Waals surface area contributed by atoms with Crippen molar-refractivity contribution in [1.82, 2.24) is 0 Å². The minimum Gasteiger partial charge on any atom is -0.0683 e. The van der Waals surface area contributed by atoms with E-state index in [9.17, 15) is 0 Å². The summed E-state index contributed by atoms with van der Waals surface area (Å²) < 4.78 is 0. The van der Waals surface area contributed by atoms with E-state index >= 15 is 0 Å². The number of hydrogen-bond acceptors (Lipinski definition) is 0. The SMILES string of the molecule is CC.CC.CC.CC.CC.Cc1cc(C)c(C)c(C)c1C. The number of rotatable bonds is 0. The van der Waals surface area contributed by atoms with Crippen molar-refractivity contribution in [1.29, 1.82) is 0 Å². The molecular weight excluding hydrogens is 252 g/mol. The summed E-state index contributed by atoms with van der Waals surface area (Å²) in [5, 5.41) is 0. The van der Waals surface area contributed by atoms with Crippen molar-refractivity contribution >= 4 is 0 Å². The van der Waals surface area contributed by atoms with Gasteiger partial charge >= 0.3 is 0 Å². The minimum absolute atomic E-state index is 1.41. The average Bonchev–Trinajstić information content (AvgIpc) is 2.60. The van der Waals surface area contributed by atoms with Gasteiger partial charge in [-0.05, 0) is 62.4 Å². The van der Waals surface area contributed by atoms with Crippen molar-refractivity contribution < 1.29 is 0 Å². The summed E-state index contributed by atoms with van der Waals surface area (Å²) in [5.74, 6) is 0. The molecule has 21 heavy (non-hydrogen) atoms. The van der Waals surface area contributed by atoms with Crippen LogP contribution in [0.4, 0.5) is 0 Å². The molecular formula is C21H46. The Morgan fingerprint density at radius 3 is 0.762 bits per heavy atom. The monoisotopic (exact) mass is 298 g/mol. The molecule has 0 saturated carbocycles. The normalized spacial score (nSPS) is 6.81. The summed E-state index contributed by atoms with van der Waals surface area (Å²) in [4.78, 5) is 0. The van der Waals surface area contributed by atoms with E-state index < -0.39 is 0 Å². The Hall–Kier alpha value is -0.780. The Morgan fingerprint density at radius 2 is 0.571 bits per heavy atom. The van der Waals surface area contributed by atoms with Crippen molar-refractivity contribution in [2.24, 2.45) is 0 Å². The molecule has 0 heteroatoms. The van der Waals surface area contributed by atoms with Crippen LogP contribution in [0.15, 0.2) is 6.07 Å². The first kappa shape index (κ1) is 32.2. The molecule has 0 aliphatic heterocycles. The molecule has 0 heterocycles. The quantitative estimate of drug-likeness (QED) is 0.451. The predicted octanol–water partition coefficient (Wildman–Crippen LogP) is 8.36. The third-order valence-corrected chi connectivity index (χ3v) is 2.74. The molecule has 0 N–H and O–H groups in total. The van der Waals surface area contributed by atoms with Crippen molar-refractivity contribution in [2.45, 2.75) is 104 Å². The highest BCUT2D eigenvalue weighted by molar-refractivity contribution is 5.42.